The largest absolute Gasteiger partial charge is 0.373 e. The summed E-state index contributed by atoms with van der Waals surface area (Å²) in [6, 6.07) is 10.8. The molecule has 0 saturated carbocycles. The second-order valence-electron chi connectivity index (χ2n) is 8.72. The zero-order valence-corrected chi connectivity index (χ0v) is 21.7. The van der Waals surface area contributed by atoms with E-state index in [1.807, 2.05) is 20.0 Å². The SMILES string of the molecule is CN=C(NCC1CCCOC1c1ccc(C)cc1)N1CCN(Cc2cc(C)on2)CC1.I. The van der Waals surface area contributed by atoms with Gasteiger partial charge in [-0.1, -0.05) is 35.0 Å². The Bertz CT molecular complexity index is 862. The summed E-state index contributed by atoms with van der Waals surface area (Å²) in [5, 5.41) is 7.76. The number of guanidine groups is 1. The highest BCUT2D eigenvalue weighted by molar-refractivity contribution is 14.0. The van der Waals surface area contributed by atoms with Crippen LogP contribution in [0.25, 0.3) is 0 Å². The van der Waals surface area contributed by atoms with Gasteiger partial charge < -0.3 is 19.5 Å². The normalized spacial score (nSPS) is 22.5. The van der Waals surface area contributed by atoms with Crippen LogP contribution in [0.15, 0.2) is 39.8 Å². The van der Waals surface area contributed by atoms with E-state index in [9.17, 15) is 0 Å². The lowest BCUT2D eigenvalue weighted by atomic mass is 9.89. The third-order valence-electron chi connectivity index (χ3n) is 6.32. The number of benzene rings is 1. The molecular formula is C24H36IN5O2. The molecule has 176 valence electrons. The van der Waals surface area contributed by atoms with Gasteiger partial charge in [-0.05, 0) is 32.3 Å². The molecule has 0 spiro atoms. The number of aryl methyl sites for hydroxylation is 2. The Balaban J connectivity index is 0.00000289. The summed E-state index contributed by atoms with van der Waals surface area (Å²) in [7, 11) is 1.88. The average molecular weight is 553 g/mol. The maximum absolute atomic E-state index is 6.19. The van der Waals surface area contributed by atoms with Crippen LogP contribution in [-0.4, -0.2) is 67.3 Å². The van der Waals surface area contributed by atoms with E-state index in [2.05, 4.69) is 56.5 Å². The van der Waals surface area contributed by atoms with Crippen molar-refractivity contribution in [3.63, 3.8) is 0 Å². The minimum Gasteiger partial charge on any atom is -0.373 e. The maximum atomic E-state index is 6.19. The first kappa shape index (κ1) is 25.0. The topological polar surface area (TPSA) is 66.1 Å². The van der Waals surface area contributed by atoms with Crippen LogP contribution >= 0.6 is 24.0 Å². The summed E-state index contributed by atoms with van der Waals surface area (Å²) in [5.74, 6) is 2.31. The van der Waals surface area contributed by atoms with Crippen LogP contribution in [0, 0.1) is 19.8 Å². The van der Waals surface area contributed by atoms with Gasteiger partial charge in [0, 0.05) is 64.9 Å². The molecule has 3 heterocycles. The fraction of sp³-hybridized carbons (Fsp3) is 0.583. The fourth-order valence-corrected chi connectivity index (χ4v) is 4.57. The van der Waals surface area contributed by atoms with E-state index in [1.165, 1.54) is 17.5 Å². The lowest BCUT2D eigenvalue weighted by Crippen LogP contribution is -2.53. The third kappa shape index (κ3) is 6.45. The molecule has 0 radical (unpaired) electrons. The first-order valence-electron chi connectivity index (χ1n) is 11.4. The van der Waals surface area contributed by atoms with Crippen molar-refractivity contribution in [3.05, 3.63) is 52.9 Å². The van der Waals surface area contributed by atoms with Crippen molar-refractivity contribution < 1.29 is 9.26 Å². The van der Waals surface area contributed by atoms with Crippen LogP contribution in [0.2, 0.25) is 0 Å². The molecule has 4 rings (SSSR count). The molecular weight excluding hydrogens is 517 g/mol. The number of nitrogens with one attached hydrogen (secondary N) is 1. The average Bonchev–Trinajstić information content (AvgIpc) is 3.20. The molecule has 1 aromatic carbocycles. The van der Waals surface area contributed by atoms with Gasteiger partial charge in [0.25, 0.3) is 0 Å². The van der Waals surface area contributed by atoms with E-state index in [0.717, 1.165) is 69.7 Å². The van der Waals surface area contributed by atoms with Gasteiger partial charge >= 0.3 is 0 Å². The fourth-order valence-electron chi connectivity index (χ4n) is 4.57. The van der Waals surface area contributed by atoms with E-state index < -0.39 is 0 Å². The van der Waals surface area contributed by atoms with Crippen molar-refractivity contribution in [3.8, 4) is 0 Å². The van der Waals surface area contributed by atoms with E-state index in [-0.39, 0.29) is 30.1 Å². The van der Waals surface area contributed by atoms with Crippen molar-refractivity contribution in [1.29, 1.82) is 0 Å². The van der Waals surface area contributed by atoms with E-state index >= 15 is 0 Å². The van der Waals surface area contributed by atoms with Gasteiger partial charge in [0.1, 0.15) is 5.76 Å². The zero-order chi connectivity index (χ0) is 21.6. The van der Waals surface area contributed by atoms with Crippen LogP contribution in [0.5, 0.6) is 0 Å². The van der Waals surface area contributed by atoms with Gasteiger partial charge in [0.05, 0.1) is 11.8 Å². The highest BCUT2D eigenvalue weighted by Gasteiger charge is 2.28. The number of ether oxygens (including phenoxy) is 1. The Hall–Kier alpha value is -1.65. The monoisotopic (exact) mass is 553 g/mol. The minimum atomic E-state index is 0. The quantitative estimate of drug-likeness (QED) is 0.346. The zero-order valence-electron chi connectivity index (χ0n) is 19.4. The number of aromatic nitrogens is 1. The van der Waals surface area contributed by atoms with E-state index in [4.69, 9.17) is 9.26 Å². The number of aliphatic imine (C=N–C) groups is 1. The molecule has 2 atom stereocenters. The van der Waals surface area contributed by atoms with Gasteiger partial charge in [0.15, 0.2) is 5.96 Å². The number of nitrogens with zero attached hydrogens (tertiary/aromatic N) is 4. The molecule has 2 saturated heterocycles. The number of halogens is 1. The molecule has 1 aromatic heterocycles. The van der Waals surface area contributed by atoms with Crippen molar-refractivity contribution in [2.75, 3.05) is 46.4 Å². The Kier molecular flexibility index (Phi) is 9.36. The smallest absolute Gasteiger partial charge is 0.193 e. The van der Waals surface area contributed by atoms with Gasteiger partial charge in [-0.2, -0.15) is 0 Å². The Morgan fingerprint density at radius 1 is 1.16 bits per heavy atom. The molecule has 2 aromatic rings. The number of piperazine rings is 1. The summed E-state index contributed by atoms with van der Waals surface area (Å²) < 4.78 is 11.4. The maximum Gasteiger partial charge on any atom is 0.193 e. The summed E-state index contributed by atoms with van der Waals surface area (Å²) >= 11 is 0. The lowest BCUT2D eigenvalue weighted by Gasteiger charge is -2.37. The lowest BCUT2D eigenvalue weighted by molar-refractivity contribution is -0.0267. The predicted octanol–water partition coefficient (Wildman–Crippen LogP) is 3.77. The summed E-state index contributed by atoms with van der Waals surface area (Å²) in [6.45, 7) is 10.5. The van der Waals surface area contributed by atoms with Crippen LogP contribution in [0.4, 0.5) is 0 Å². The molecule has 1 N–H and O–H groups in total. The number of hydrogen-bond donors (Lipinski definition) is 1. The van der Waals surface area contributed by atoms with E-state index in [1.54, 1.807) is 0 Å². The Morgan fingerprint density at radius 3 is 2.56 bits per heavy atom. The van der Waals surface area contributed by atoms with Crippen molar-refractivity contribution >= 4 is 29.9 Å². The second kappa shape index (κ2) is 12.0. The molecule has 2 fully saturated rings. The van der Waals surface area contributed by atoms with Crippen molar-refractivity contribution in [1.82, 2.24) is 20.3 Å². The first-order chi connectivity index (χ1) is 15.1. The highest BCUT2D eigenvalue weighted by Crippen LogP contribution is 2.33. The van der Waals surface area contributed by atoms with Crippen LogP contribution in [0.3, 0.4) is 0 Å². The molecule has 2 aliphatic rings. The molecule has 0 amide bonds. The summed E-state index contributed by atoms with van der Waals surface area (Å²) in [4.78, 5) is 9.34. The molecule has 0 bridgehead atoms. The number of rotatable bonds is 5. The van der Waals surface area contributed by atoms with Crippen molar-refractivity contribution in [2.45, 2.75) is 39.3 Å². The van der Waals surface area contributed by atoms with Gasteiger partial charge in [-0.15, -0.1) is 24.0 Å². The predicted molar refractivity (Wildman–Crippen MR) is 137 cm³/mol. The number of hydrogen-bond acceptors (Lipinski definition) is 5. The standard InChI is InChI=1S/C24H35N5O2.HI/c1-18-6-8-20(9-7-18)23-21(5-4-14-30-23)16-26-24(25-3)29-12-10-28(11-13-29)17-22-15-19(2)31-27-22;/h6-9,15,21,23H,4-5,10-14,16-17H2,1-3H3,(H,25,26);1H. The van der Waals surface area contributed by atoms with Crippen LogP contribution in [0.1, 0.15) is 41.5 Å². The van der Waals surface area contributed by atoms with E-state index in [0.29, 0.717) is 5.92 Å². The highest BCUT2D eigenvalue weighted by atomic mass is 127. The minimum absolute atomic E-state index is 0. The van der Waals surface area contributed by atoms with Crippen LogP contribution < -0.4 is 5.32 Å². The molecule has 8 heteroatoms. The molecule has 32 heavy (non-hydrogen) atoms. The second-order valence-corrected chi connectivity index (χ2v) is 8.72. The molecule has 0 aliphatic carbocycles. The first-order valence-corrected chi connectivity index (χ1v) is 11.4. The molecule has 7 nitrogen and oxygen atoms in total. The van der Waals surface area contributed by atoms with Gasteiger partial charge in [-0.25, -0.2) is 0 Å². The van der Waals surface area contributed by atoms with Gasteiger partial charge in [0.2, 0.25) is 0 Å². The third-order valence-corrected chi connectivity index (χ3v) is 6.32. The summed E-state index contributed by atoms with van der Waals surface area (Å²) in [5.41, 5.74) is 3.57. The summed E-state index contributed by atoms with van der Waals surface area (Å²) in [6.07, 6.45) is 2.45. The Morgan fingerprint density at radius 2 is 1.91 bits per heavy atom. The Labute approximate surface area is 208 Å². The molecule has 2 aliphatic heterocycles. The van der Waals surface area contributed by atoms with Crippen molar-refractivity contribution in [2.24, 2.45) is 10.9 Å². The van der Waals surface area contributed by atoms with Crippen LogP contribution in [-0.2, 0) is 11.3 Å². The molecule has 2 unspecified atom stereocenters. The van der Waals surface area contributed by atoms with Gasteiger partial charge in [-0.3, -0.25) is 9.89 Å².